The minimum atomic E-state index is -0.893. The number of carboxylic acids is 1. The molecule has 0 fully saturated rings. The van der Waals surface area contributed by atoms with Crippen molar-refractivity contribution in [3.63, 3.8) is 0 Å². The first kappa shape index (κ1) is 12.1. The molecule has 0 saturated carbocycles. The van der Waals surface area contributed by atoms with Gasteiger partial charge in [-0.25, -0.2) is 4.79 Å². The minimum absolute atomic E-state index is 0.342. The van der Waals surface area contributed by atoms with Gasteiger partial charge < -0.3 is 10.0 Å². The van der Waals surface area contributed by atoms with Crippen LogP contribution in [-0.4, -0.2) is 24.7 Å². The highest BCUT2D eigenvalue weighted by Gasteiger charge is 2.08. The summed E-state index contributed by atoms with van der Waals surface area (Å²) < 4.78 is 0. The summed E-state index contributed by atoms with van der Waals surface area (Å²) in [5.74, 6) is 1.68. The molecule has 1 aromatic carbocycles. The monoisotopic (exact) mass is 217 g/mol. The first-order valence-corrected chi connectivity index (χ1v) is 5.05. The summed E-state index contributed by atoms with van der Waals surface area (Å²) in [6.07, 6.45) is 5.87. The third kappa shape index (κ3) is 2.77. The Bertz CT molecular complexity index is 432. The maximum atomic E-state index is 10.8. The van der Waals surface area contributed by atoms with Crippen molar-refractivity contribution in [1.82, 2.24) is 0 Å². The Kier molecular flexibility index (Phi) is 3.96. The number of hydrogen-bond acceptors (Lipinski definition) is 2. The molecule has 0 aliphatic carbocycles. The van der Waals surface area contributed by atoms with Crippen molar-refractivity contribution < 1.29 is 9.90 Å². The molecule has 0 radical (unpaired) electrons. The Balaban J connectivity index is 2.89. The molecule has 16 heavy (non-hydrogen) atoms. The molecule has 0 aliphatic rings. The SMILES string of the molecule is C#CCCN(C)c1ccc(C(=O)O)c(C)c1. The summed E-state index contributed by atoms with van der Waals surface area (Å²) in [4.78, 5) is 12.8. The zero-order chi connectivity index (χ0) is 12.1. The van der Waals surface area contributed by atoms with Crippen LogP contribution >= 0.6 is 0 Å². The molecular weight excluding hydrogens is 202 g/mol. The smallest absolute Gasteiger partial charge is 0.335 e. The fraction of sp³-hybridized carbons (Fsp3) is 0.308. The van der Waals surface area contributed by atoms with Gasteiger partial charge in [0.25, 0.3) is 0 Å². The van der Waals surface area contributed by atoms with Gasteiger partial charge in [0, 0.05) is 25.7 Å². The van der Waals surface area contributed by atoms with Gasteiger partial charge >= 0.3 is 5.97 Å². The molecule has 0 aliphatic heterocycles. The first-order valence-electron chi connectivity index (χ1n) is 5.05. The van der Waals surface area contributed by atoms with Crippen LogP contribution in [0, 0.1) is 19.3 Å². The normalized spacial score (nSPS) is 9.56. The average molecular weight is 217 g/mol. The van der Waals surface area contributed by atoms with Crippen LogP contribution in [0.25, 0.3) is 0 Å². The fourth-order valence-corrected chi connectivity index (χ4v) is 1.49. The van der Waals surface area contributed by atoms with E-state index in [1.165, 1.54) is 0 Å². The molecule has 3 nitrogen and oxygen atoms in total. The Labute approximate surface area is 95.7 Å². The molecule has 1 aromatic rings. The van der Waals surface area contributed by atoms with E-state index in [0.29, 0.717) is 12.0 Å². The van der Waals surface area contributed by atoms with E-state index in [-0.39, 0.29) is 0 Å². The summed E-state index contributed by atoms with van der Waals surface area (Å²) in [6, 6.07) is 5.28. The molecule has 0 aromatic heterocycles. The van der Waals surface area contributed by atoms with Crippen molar-refractivity contribution in [2.45, 2.75) is 13.3 Å². The Hall–Kier alpha value is -1.95. The fourth-order valence-electron chi connectivity index (χ4n) is 1.49. The van der Waals surface area contributed by atoms with E-state index in [1.807, 2.05) is 18.0 Å². The molecule has 0 amide bonds. The van der Waals surface area contributed by atoms with Crippen molar-refractivity contribution in [1.29, 1.82) is 0 Å². The largest absolute Gasteiger partial charge is 0.478 e. The minimum Gasteiger partial charge on any atom is -0.478 e. The van der Waals surface area contributed by atoms with Crippen LogP contribution in [0.4, 0.5) is 5.69 Å². The second-order valence-electron chi connectivity index (χ2n) is 3.68. The van der Waals surface area contributed by atoms with Gasteiger partial charge in [-0.05, 0) is 30.7 Å². The van der Waals surface area contributed by atoms with E-state index < -0.39 is 5.97 Å². The number of anilines is 1. The lowest BCUT2D eigenvalue weighted by atomic mass is 10.1. The van der Waals surface area contributed by atoms with Crippen molar-refractivity contribution in [3.05, 3.63) is 29.3 Å². The number of benzene rings is 1. The lowest BCUT2D eigenvalue weighted by molar-refractivity contribution is 0.0696. The first-order chi connectivity index (χ1) is 7.56. The zero-order valence-corrected chi connectivity index (χ0v) is 9.53. The van der Waals surface area contributed by atoms with E-state index in [9.17, 15) is 4.79 Å². The van der Waals surface area contributed by atoms with E-state index in [2.05, 4.69) is 5.92 Å². The lowest BCUT2D eigenvalue weighted by Crippen LogP contribution is -2.18. The lowest BCUT2D eigenvalue weighted by Gasteiger charge is -2.18. The summed E-state index contributed by atoms with van der Waals surface area (Å²) in [7, 11) is 1.94. The molecule has 0 saturated heterocycles. The molecule has 1 N–H and O–H groups in total. The highest BCUT2D eigenvalue weighted by atomic mass is 16.4. The molecule has 0 heterocycles. The summed E-state index contributed by atoms with van der Waals surface area (Å²) >= 11 is 0. The molecule has 0 unspecified atom stereocenters. The van der Waals surface area contributed by atoms with E-state index in [4.69, 9.17) is 11.5 Å². The summed E-state index contributed by atoms with van der Waals surface area (Å²) in [5, 5.41) is 8.90. The standard InChI is InChI=1S/C13H15NO2/c1-4-5-8-14(3)11-6-7-12(13(15)16)10(2)9-11/h1,6-7,9H,5,8H2,2-3H3,(H,15,16). The predicted molar refractivity (Wildman–Crippen MR) is 64.9 cm³/mol. The van der Waals surface area contributed by atoms with Crippen LogP contribution in [0.5, 0.6) is 0 Å². The second kappa shape index (κ2) is 5.22. The number of nitrogens with zero attached hydrogens (tertiary/aromatic N) is 1. The maximum absolute atomic E-state index is 10.8. The molecule has 0 bridgehead atoms. The Morgan fingerprint density at radius 3 is 2.75 bits per heavy atom. The summed E-state index contributed by atoms with van der Waals surface area (Å²) in [6.45, 7) is 2.56. The molecule has 0 spiro atoms. The number of aryl methyl sites for hydroxylation is 1. The number of hydrogen-bond donors (Lipinski definition) is 1. The second-order valence-corrected chi connectivity index (χ2v) is 3.68. The van der Waals surface area contributed by atoms with Gasteiger partial charge in [0.15, 0.2) is 0 Å². The zero-order valence-electron chi connectivity index (χ0n) is 9.53. The van der Waals surface area contributed by atoms with Crippen LogP contribution in [0.2, 0.25) is 0 Å². The van der Waals surface area contributed by atoms with Crippen LogP contribution < -0.4 is 4.90 Å². The molecule has 0 atom stereocenters. The van der Waals surface area contributed by atoms with Gasteiger partial charge in [-0.2, -0.15) is 0 Å². The highest BCUT2D eigenvalue weighted by molar-refractivity contribution is 5.89. The van der Waals surface area contributed by atoms with Gasteiger partial charge in [0.1, 0.15) is 0 Å². The van der Waals surface area contributed by atoms with Crippen molar-refractivity contribution in [2.24, 2.45) is 0 Å². The highest BCUT2D eigenvalue weighted by Crippen LogP contribution is 2.18. The van der Waals surface area contributed by atoms with Crippen molar-refractivity contribution in [2.75, 3.05) is 18.5 Å². The van der Waals surface area contributed by atoms with Gasteiger partial charge in [-0.15, -0.1) is 12.3 Å². The predicted octanol–water partition coefficient (Wildman–Crippen LogP) is 2.15. The molecule has 1 rings (SSSR count). The Morgan fingerprint density at radius 1 is 1.56 bits per heavy atom. The summed E-state index contributed by atoms with van der Waals surface area (Å²) in [5.41, 5.74) is 2.09. The van der Waals surface area contributed by atoms with E-state index >= 15 is 0 Å². The van der Waals surface area contributed by atoms with Crippen molar-refractivity contribution >= 4 is 11.7 Å². The van der Waals surface area contributed by atoms with Gasteiger partial charge in [-0.3, -0.25) is 0 Å². The average Bonchev–Trinajstić information content (AvgIpc) is 2.25. The number of carboxylic acid groups (broad SMARTS) is 1. The van der Waals surface area contributed by atoms with Crippen LogP contribution in [0.3, 0.4) is 0 Å². The van der Waals surface area contributed by atoms with Crippen LogP contribution in [-0.2, 0) is 0 Å². The molecule has 3 heteroatoms. The number of terminal acetylenes is 1. The quantitative estimate of drug-likeness (QED) is 0.786. The topological polar surface area (TPSA) is 40.5 Å². The number of aromatic carboxylic acids is 1. The molecule has 84 valence electrons. The van der Waals surface area contributed by atoms with Gasteiger partial charge in [-0.1, -0.05) is 0 Å². The maximum Gasteiger partial charge on any atom is 0.335 e. The number of rotatable bonds is 4. The van der Waals surface area contributed by atoms with Gasteiger partial charge in [0.05, 0.1) is 5.56 Å². The van der Waals surface area contributed by atoms with Crippen LogP contribution in [0.1, 0.15) is 22.3 Å². The van der Waals surface area contributed by atoms with E-state index in [0.717, 1.165) is 17.8 Å². The third-order valence-corrected chi connectivity index (χ3v) is 2.47. The molecular formula is C13H15NO2. The van der Waals surface area contributed by atoms with Crippen molar-refractivity contribution in [3.8, 4) is 12.3 Å². The number of carbonyl (C=O) groups is 1. The van der Waals surface area contributed by atoms with E-state index in [1.54, 1.807) is 19.1 Å². The Morgan fingerprint density at radius 2 is 2.25 bits per heavy atom. The van der Waals surface area contributed by atoms with Crippen LogP contribution in [0.15, 0.2) is 18.2 Å². The van der Waals surface area contributed by atoms with Gasteiger partial charge in [0.2, 0.25) is 0 Å². The third-order valence-electron chi connectivity index (χ3n) is 2.47.